The van der Waals surface area contributed by atoms with Crippen LogP contribution in [0.5, 0.6) is 0 Å². The Bertz CT molecular complexity index is 629. The van der Waals surface area contributed by atoms with Crippen LogP contribution < -0.4 is 5.32 Å². The fourth-order valence-electron chi connectivity index (χ4n) is 1.83. The highest BCUT2D eigenvalue weighted by Crippen LogP contribution is 2.28. The molecule has 1 aromatic heterocycles. The highest BCUT2D eigenvalue weighted by atomic mass is 19.1. The van der Waals surface area contributed by atoms with Gasteiger partial charge in [0.15, 0.2) is 0 Å². The maximum atomic E-state index is 13.7. The number of aromatic nitrogens is 1. The molecular formula is C14H12FN3. The topological polar surface area (TPSA) is 48.7 Å². The summed E-state index contributed by atoms with van der Waals surface area (Å²) in [6, 6.07) is 10.2. The third kappa shape index (κ3) is 2.03. The van der Waals surface area contributed by atoms with E-state index >= 15 is 0 Å². The number of halogens is 1. The molecule has 0 atom stereocenters. The van der Waals surface area contributed by atoms with Crippen LogP contribution >= 0.6 is 0 Å². The molecule has 4 heteroatoms. The van der Waals surface area contributed by atoms with E-state index in [0.29, 0.717) is 28.2 Å². The van der Waals surface area contributed by atoms with Gasteiger partial charge in [0.2, 0.25) is 0 Å². The Balaban J connectivity index is 2.67. The SMILES string of the molecule is CNc1nc(C)c(-c2ccccc2F)cc1C#N. The zero-order chi connectivity index (χ0) is 13.1. The fourth-order valence-corrected chi connectivity index (χ4v) is 1.83. The molecule has 0 fully saturated rings. The Morgan fingerprint density at radius 1 is 1.28 bits per heavy atom. The van der Waals surface area contributed by atoms with Gasteiger partial charge in [-0.05, 0) is 19.1 Å². The van der Waals surface area contributed by atoms with Crippen molar-refractivity contribution in [1.29, 1.82) is 5.26 Å². The van der Waals surface area contributed by atoms with Crippen LogP contribution in [0.4, 0.5) is 10.2 Å². The van der Waals surface area contributed by atoms with Gasteiger partial charge in [0.1, 0.15) is 17.7 Å². The monoisotopic (exact) mass is 241 g/mol. The van der Waals surface area contributed by atoms with Gasteiger partial charge in [-0.3, -0.25) is 0 Å². The molecule has 0 saturated heterocycles. The number of aryl methyl sites for hydroxylation is 1. The summed E-state index contributed by atoms with van der Waals surface area (Å²) < 4.78 is 13.7. The molecule has 2 aromatic rings. The third-order valence-corrected chi connectivity index (χ3v) is 2.73. The van der Waals surface area contributed by atoms with Crippen LogP contribution in [-0.4, -0.2) is 12.0 Å². The van der Waals surface area contributed by atoms with Crippen molar-refractivity contribution in [1.82, 2.24) is 4.98 Å². The predicted molar refractivity (Wildman–Crippen MR) is 68.6 cm³/mol. The van der Waals surface area contributed by atoms with Crippen molar-refractivity contribution in [3.8, 4) is 17.2 Å². The fraction of sp³-hybridized carbons (Fsp3) is 0.143. The lowest BCUT2D eigenvalue weighted by Crippen LogP contribution is -2.00. The van der Waals surface area contributed by atoms with Crippen LogP contribution in [0, 0.1) is 24.1 Å². The Kier molecular flexibility index (Phi) is 3.24. The Labute approximate surface area is 105 Å². The molecule has 0 aliphatic rings. The van der Waals surface area contributed by atoms with Crippen LogP contribution in [0.25, 0.3) is 11.1 Å². The standard InChI is InChI=1S/C14H12FN3/c1-9-12(11-5-3-4-6-13(11)15)7-10(8-16)14(17-2)18-9/h3-7H,1-2H3,(H,17,18). The minimum Gasteiger partial charge on any atom is -0.372 e. The van der Waals surface area contributed by atoms with Crippen LogP contribution in [0.1, 0.15) is 11.3 Å². The second kappa shape index (κ2) is 4.84. The van der Waals surface area contributed by atoms with Crippen molar-refractivity contribution >= 4 is 5.82 Å². The van der Waals surface area contributed by atoms with E-state index in [4.69, 9.17) is 5.26 Å². The van der Waals surface area contributed by atoms with Gasteiger partial charge in [-0.25, -0.2) is 9.37 Å². The lowest BCUT2D eigenvalue weighted by atomic mass is 10.0. The minimum atomic E-state index is -0.316. The van der Waals surface area contributed by atoms with Crippen LogP contribution in [0.3, 0.4) is 0 Å². The number of nitriles is 1. The molecule has 90 valence electrons. The highest BCUT2D eigenvalue weighted by Gasteiger charge is 2.12. The first-order valence-electron chi connectivity index (χ1n) is 5.51. The normalized spacial score (nSPS) is 9.89. The van der Waals surface area contributed by atoms with Gasteiger partial charge >= 0.3 is 0 Å². The second-order valence-corrected chi connectivity index (χ2v) is 3.86. The molecule has 1 heterocycles. The molecule has 3 nitrogen and oxygen atoms in total. The summed E-state index contributed by atoms with van der Waals surface area (Å²) in [4.78, 5) is 4.28. The summed E-state index contributed by atoms with van der Waals surface area (Å²) in [6.45, 7) is 1.80. The zero-order valence-electron chi connectivity index (χ0n) is 10.2. The van der Waals surface area contributed by atoms with E-state index in [-0.39, 0.29) is 5.82 Å². The van der Waals surface area contributed by atoms with Gasteiger partial charge in [0, 0.05) is 23.9 Å². The van der Waals surface area contributed by atoms with Crippen molar-refractivity contribution in [3.05, 3.63) is 47.4 Å². The van der Waals surface area contributed by atoms with Gasteiger partial charge < -0.3 is 5.32 Å². The number of rotatable bonds is 2. The first kappa shape index (κ1) is 12.1. The van der Waals surface area contributed by atoms with E-state index in [1.807, 2.05) is 0 Å². The first-order valence-corrected chi connectivity index (χ1v) is 5.51. The number of anilines is 1. The summed E-state index contributed by atoms with van der Waals surface area (Å²) in [5, 5.41) is 11.9. The van der Waals surface area contributed by atoms with E-state index in [0.717, 1.165) is 0 Å². The molecule has 1 aromatic carbocycles. The van der Waals surface area contributed by atoms with Gasteiger partial charge in [-0.15, -0.1) is 0 Å². The quantitative estimate of drug-likeness (QED) is 0.878. The van der Waals surface area contributed by atoms with Gasteiger partial charge in [-0.1, -0.05) is 18.2 Å². The summed E-state index contributed by atoms with van der Waals surface area (Å²) in [5.41, 5.74) is 2.19. The smallest absolute Gasteiger partial charge is 0.143 e. The predicted octanol–water partition coefficient (Wildman–Crippen LogP) is 3.11. The molecule has 18 heavy (non-hydrogen) atoms. The maximum Gasteiger partial charge on any atom is 0.143 e. The number of pyridine rings is 1. The molecule has 0 amide bonds. The summed E-state index contributed by atoms with van der Waals surface area (Å²) >= 11 is 0. The zero-order valence-corrected chi connectivity index (χ0v) is 10.2. The van der Waals surface area contributed by atoms with E-state index in [2.05, 4.69) is 16.4 Å². The van der Waals surface area contributed by atoms with E-state index in [9.17, 15) is 4.39 Å². The number of nitrogens with one attached hydrogen (secondary N) is 1. The van der Waals surface area contributed by atoms with Crippen LogP contribution in [0.2, 0.25) is 0 Å². The summed E-state index contributed by atoms with van der Waals surface area (Å²) in [5.74, 6) is 0.193. The lowest BCUT2D eigenvalue weighted by molar-refractivity contribution is 0.631. The molecule has 0 bridgehead atoms. The van der Waals surface area contributed by atoms with Gasteiger partial charge in [0.25, 0.3) is 0 Å². The Hall–Kier alpha value is -2.41. The van der Waals surface area contributed by atoms with Crippen molar-refractivity contribution in [2.24, 2.45) is 0 Å². The molecule has 2 rings (SSSR count). The molecule has 0 radical (unpaired) electrons. The average Bonchev–Trinajstić information content (AvgIpc) is 2.39. The molecule has 1 N–H and O–H groups in total. The van der Waals surface area contributed by atoms with E-state index in [1.54, 1.807) is 38.2 Å². The van der Waals surface area contributed by atoms with Crippen LogP contribution in [-0.2, 0) is 0 Å². The Morgan fingerprint density at radius 3 is 2.61 bits per heavy atom. The number of benzene rings is 1. The van der Waals surface area contributed by atoms with Gasteiger partial charge in [-0.2, -0.15) is 5.26 Å². The molecule has 0 aliphatic carbocycles. The molecule has 0 unspecified atom stereocenters. The van der Waals surface area contributed by atoms with Crippen LogP contribution in [0.15, 0.2) is 30.3 Å². The van der Waals surface area contributed by atoms with Crippen molar-refractivity contribution in [3.63, 3.8) is 0 Å². The average molecular weight is 241 g/mol. The molecule has 0 spiro atoms. The molecule has 0 aliphatic heterocycles. The minimum absolute atomic E-state index is 0.316. The van der Waals surface area contributed by atoms with Gasteiger partial charge in [0.05, 0.1) is 5.56 Å². The number of hydrogen-bond acceptors (Lipinski definition) is 3. The van der Waals surface area contributed by atoms with E-state index in [1.165, 1.54) is 6.07 Å². The first-order chi connectivity index (χ1) is 8.67. The second-order valence-electron chi connectivity index (χ2n) is 3.86. The number of hydrogen-bond donors (Lipinski definition) is 1. The molecular weight excluding hydrogens is 229 g/mol. The number of nitrogens with zero attached hydrogens (tertiary/aromatic N) is 2. The summed E-state index contributed by atoms with van der Waals surface area (Å²) in [6.07, 6.45) is 0. The Morgan fingerprint density at radius 2 is 2.00 bits per heavy atom. The largest absolute Gasteiger partial charge is 0.372 e. The van der Waals surface area contributed by atoms with Crippen molar-refractivity contribution in [2.75, 3.05) is 12.4 Å². The third-order valence-electron chi connectivity index (χ3n) is 2.73. The van der Waals surface area contributed by atoms with Crippen molar-refractivity contribution in [2.45, 2.75) is 6.92 Å². The lowest BCUT2D eigenvalue weighted by Gasteiger charge is -2.10. The highest BCUT2D eigenvalue weighted by molar-refractivity contribution is 5.71. The van der Waals surface area contributed by atoms with E-state index < -0.39 is 0 Å². The summed E-state index contributed by atoms with van der Waals surface area (Å²) in [7, 11) is 1.70. The molecule has 0 saturated carbocycles. The maximum absolute atomic E-state index is 13.7. The van der Waals surface area contributed by atoms with Crippen molar-refractivity contribution < 1.29 is 4.39 Å².